The fourth-order valence-corrected chi connectivity index (χ4v) is 1.78. The van der Waals surface area contributed by atoms with Crippen molar-refractivity contribution in [2.45, 2.75) is 20.8 Å². The number of aliphatic hydroxyl groups is 1. The van der Waals surface area contributed by atoms with Gasteiger partial charge in [0, 0.05) is 11.9 Å². The second kappa shape index (κ2) is 8.02. The van der Waals surface area contributed by atoms with Crippen LogP contribution in [-0.2, 0) is 0 Å². The molecule has 0 aliphatic carbocycles. The Morgan fingerprint density at radius 3 is 2.55 bits per heavy atom. The van der Waals surface area contributed by atoms with E-state index in [9.17, 15) is 9.90 Å². The van der Waals surface area contributed by atoms with Crippen molar-refractivity contribution >= 4 is 11.7 Å². The van der Waals surface area contributed by atoms with Gasteiger partial charge in [-0.25, -0.2) is 9.48 Å². The monoisotopic (exact) mass is 302 g/mol. The Labute approximate surface area is 130 Å². The van der Waals surface area contributed by atoms with E-state index in [0.29, 0.717) is 0 Å². The molecule has 0 aliphatic rings. The molecule has 0 saturated heterocycles. The fraction of sp³-hybridized carbons (Fsp3) is 0.294. The van der Waals surface area contributed by atoms with Gasteiger partial charge in [0.25, 0.3) is 0 Å². The smallest absolute Gasteiger partial charge is 0.338 e. The van der Waals surface area contributed by atoms with E-state index in [1.54, 1.807) is 18.2 Å². The van der Waals surface area contributed by atoms with Gasteiger partial charge in [-0.2, -0.15) is 5.10 Å². The molecule has 0 bridgehead atoms. The van der Waals surface area contributed by atoms with Crippen LogP contribution in [0.1, 0.15) is 31.1 Å². The normalized spacial score (nSPS) is 15.8. The number of aromatic nitrogens is 2. The van der Waals surface area contributed by atoms with Gasteiger partial charge >= 0.3 is 5.97 Å². The summed E-state index contributed by atoms with van der Waals surface area (Å²) in [7, 11) is 0. The first-order valence-corrected chi connectivity index (χ1v) is 7.01. The highest BCUT2D eigenvalue weighted by Gasteiger charge is 2.07. The van der Waals surface area contributed by atoms with Gasteiger partial charge in [-0.05, 0) is 30.9 Å². The van der Waals surface area contributed by atoms with Gasteiger partial charge in [-0.3, -0.25) is 0 Å². The third-order valence-electron chi connectivity index (χ3n) is 3.07. The van der Waals surface area contributed by atoms with Crippen molar-refractivity contribution in [2.24, 2.45) is 11.8 Å². The Bertz CT molecular complexity index is 624. The SMILES string of the molecule is C=CC(C)/C=C(O)\C=C/C(C)/C=C(\C)n1cc(C(=O)O)cn1. The summed E-state index contributed by atoms with van der Waals surface area (Å²) in [5.41, 5.74) is 0.961. The number of carbonyl (C=O) groups is 1. The lowest BCUT2D eigenvalue weighted by atomic mass is 10.1. The van der Waals surface area contributed by atoms with Gasteiger partial charge in [0.05, 0.1) is 11.8 Å². The third-order valence-corrected chi connectivity index (χ3v) is 3.07. The zero-order valence-electron chi connectivity index (χ0n) is 13.1. The van der Waals surface area contributed by atoms with Crippen molar-refractivity contribution in [2.75, 3.05) is 0 Å². The standard InChI is InChI=1S/C17H22N2O3/c1-5-12(2)9-16(20)7-6-13(3)8-14(4)19-11-15(10-18-19)17(21)22/h5-13,20H,1H2,2-4H3,(H,21,22)/b7-6-,14-8+,16-9+. The highest BCUT2D eigenvalue weighted by molar-refractivity contribution is 5.87. The Balaban J connectivity index is 2.76. The number of carboxylic acid groups (broad SMARTS) is 1. The molecule has 1 heterocycles. The van der Waals surface area contributed by atoms with Crippen molar-refractivity contribution in [3.63, 3.8) is 0 Å². The van der Waals surface area contributed by atoms with Gasteiger partial charge in [-0.1, -0.05) is 32.1 Å². The van der Waals surface area contributed by atoms with Crippen LogP contribution in [0.3, 0.4) is 0 Å². The summed E-state index contributed by atoms with van der Waals surface area (Å²) < 4.78 is 1.52. The van der Waals surface area contributed by atoms with Crippen LogP contribution in [0.4, 0.5) is 0 Å². The Morgan fingerprint density at radius 1 is 1.32 bits per heavy atom. The van der Waals surface area contributed by atoms with Crippen LogP contribution in [0.5, 0.6) is 0 Å². The van der Waals surface area contributed by atoms with E-state index < -0.39 is 5.97 Å². The largest absolute Gasteiger partial charge is 0.508 e. The number of hydrogen-bond donors (Lipinski definition) is 2. The van der Waals surface area contributed by atoms with Crippen molar-refractivity contribution in [3.05, 3.63) is 60.7 Å². The Hall–Kier alpha value is -2.56. The molecule has 0 radical (unpaired) electrons. The number of rotatable bonds is 7. The highest BCUT2D eigenvalue weighted by atomic mass is 16.4. The summed E-state index contributed by atoms with van der Waals surface area (Å²) in [5.74, 6) is -0.640. The number of aliphatic hydroxyl groups excluding tert-OH is 1. The van der Waals surface area contributed by atoms with E-state index in [2.05, 4.69) is 11.7 Å². The van der Waals surface area contributed by atoms with Gasteiger partial charge < -0.3 is 10.2 Å². The van der Waals surface area contributed by atoms with Crippen LogP contribution >= 0.6 is 0 Å². The van der Waals surface area contributed by atoms with Crippen molar-refractivity contribution < 1.29 is 15.0 Å². The number of nitrogens with zero attached hydrogens (tertiary/aromatic N) is 2. The lowest BCUT2D eigenvalue weighted by Gasteiger charge is -2.04. The van der Waals surface area contributed by atoms with E-state index in [1.807, 2.05) is 32.9 Å². The van der Waals surface area contributed by atoms with Crippen LogP contribution in [0.25, 0.3) is 5.70 Å². The molecule has 118 valence electrons. The fourth-order valence-electron chi connectivity index (χ4n) is 1.78. The molecule has 0 fully saturated rings. The Kier molecular flexibility index (Phi) is 6.38. The molecule has 22 heavy (non-hydrogen) atoms. The molecule has 0 aliphatic heterocycles. The van der Waals surface area contributed by atoms with Crippen LogP contribution < -0.4 is 0 Å². The van der Waals surface area contributed by atoms with Gasteiger partial charge in [0.1, 0.15) is 5.76 Å². The van der Waals surface area contributed by atoms with Crippen molar-refractivity contribution in [1.82, 2.24) is 9.78 Å². The van der Waals surface area contributed by atoms with Crippen LogP contribution in [0.2, 0.25) is 0 Å². The van der Waals surface area contributed by atoms with Gasteiger partial charge in [-0.15, -0.1) is 6.58 Å². The number of allylic oxidation sites excluding steroid dienone is 6. The molecule has 2 N–H and O–H groups in total. The van der Waals surface area contributed by atoms with Crippen molar-refractivity contribution in [3.8, 4) is 0 Å². The quantitative estimate of drug-likeness (QED) is 0.455. The summed E-state index contributed by atoms with van der Waals surface area (Å²) in [6.07, 6.45) is 11.7. The van der Waals surface area contributed by atoms with Crippen LogP contribution in [0, 0.1) is 11.8 Å². The molecule has 0 amide bonds. The molecule has 1 aromatic rings. The molecular weight excluding hydrogens is 280 g/mol. The second-order valence-electron chi connectivity index (χ2n) is 5.19. The predicted molar refractivity (Wildman–Crippen MR) is 87.5 cm³/mol. The number of carboxylic acids is 1. The van der Waals surface area contributed by atoms with Crippen LogP contribution in [0.15, 0.2) is 55.1 Å². The van der Waals surface area contributed by atoms with E-state index in [-0.39, 0.29) is 23.2 Å². The lowest BCUT2D eigenvalue weighted by Crippen LogP contribution is -1.97. The number of hydrogen-bond acceptors (Lipinski definition) is 3. The zero-order valence-corrected chi connectivity index (χ0v) is 13.1. The zero-order chi connectivity index (χ0) is 16.7. The van der Waals surface area contributed by atoms with E-state index >= 15 is 0 Å². The first-order chi connectivity index (χ1) is 10.3. The molecule has 0 saturated carbocycles. The van der Waals surface area contributed by atoms with E-state index in [0.717, 1.165) is 5.70 Å². The molecule has 0 aromatic carbocycles. The molecule has 2 unspecified atom stereocenters. The maximum Gasteiger partial charge on any atom is 0.338 e. The first kappa shape index (κ1) is 17.5. The average molecular weight is 302 g/mol. The van der Waals surface area contributed by atoms with Crippen LogP contribution in [-0.4, -0.2) is 26.0 Å². The van der Waals surface area contributed by atoms with Gasteiger partial charge in [0.2, 0.25) is 0 Å². The summed E-state index contributed by atoms with van der Waals surface area (Å²) in [5, 5.41) is 22.6. The summed E-state index contributed by atoms with van der Waals surface area (Å²) in [4.78, 5) is 10.8. The minimum absolute atomic E-state index is 0.0621. The highest BCUT2D eigenvalue weighted by Crippen LogP contribution is 2.11. The maximum atomic E-state index is 10.8. The minimum atomic E-state index is -1.00. The maximum absolute atomic E-state index is 10.8. The summed E-state index contributed by atoms with van der Waals surface area (Å²) in [6, 6.07) is 0. The number of aromatic carboxylic acids is 1. The molecular formula is C17H22N2O3. The molecule has 5 nitrogen and oxygen atoms in total. The summed E-state index contributed by atoms with van der Waals surface area (Å²) >= 11 is 0. The molecule has 5 heteroatoms. The molecule has 1 rings (SSSR count). The molecule has 2 atom stereocenters. The van der Waals surface area contributed by atoms with E-state index in [1.165, 1.54) is 17.1 Å². The van der Waals surface area contributed by atoms with Gasteiger partial charge in [0.15, 0.2) is 0 Å². The summed E-state index contributed by atoms with van der Waals surface area (Å²) in [6.45, 7) is 9.40. The lowest BCUT2D eigenvalue weighted by molar-refractivity contribution is 0.0697. The Morgan fingerprint density at radius 2 is 2.00 bits per heavy atom. The minimum Gasteiger partial charge on any atom is -0.508 e. The topological polar surface area (TPSA) is 75.4 Å². The first-order valence-electron chi connectivity index (χ1n) is 7.01. The third kappa shape index (κ3) is 5.44. The van der Waals surface area contributed by atoms with Crippen molar-refractivity contribution in [1.29, 1.82) is 0 Å². The average Bonchev–Trinajstić information content (AvgIpc) is 2.95. The second-order valence-corrected chi connectivity index (χ2v) is 5.19. The molecule has 0 spiro atoms. The molecule has 1 aromatic heterocycles. The predicted octanol–water partition coefficient (Wildman–Crippen LogP) is 3.90. The van der Waals surface area contributed by atoms with E-state index in [4.69, 9.17) is 5.11 Å².